The molecule has 1 aliphatic rings. The standard InChI is InChI=1S/C23H32N4O2.HI/c1-26(2)23(24-17-19-7-5-4-6-8-19)25-18-22(27-13-15-29-16-14-27)20-9-11-21(28-3)12-10-20;/h4-12,22H,13-18H2,1-3H3,(H,24,25);1H. The Morgan fingerprint density at radius 1 is 1.10 bits per heavy atom. The van der Waals surface area contributed by atoms with Crippen molar-refractivity contribution in [3.63, 3.8) is 0 Å². The average Bonchev–Trinajstić information content (AvgIpc) is 2.77. The number of nitrogens with zero attached hydrogens (tertiary/aromatic N) is 3. The monoisotopic (exact) mass is 524 g/mol. The molecule has 0 bridgehead atoms. The lowest BCUT2D eigenvalue weighted by molar-refractivity contribution is 0.0169. The second kappa shape index (κ2) is 12.8. The molecule has 2 aromatic carbocycles. The van der Waals surface area contributed by atoms with Gasteiger partial charge in [-0.15, -0.1) is 24.0 Å². The molecule has 3 rings (SSSR count). The molecule has 7 heteroatoms. The molecule has 0 saturated carbocycles. The smallest absolute Gasteiger partial charge is 0.193 e. The van der Waals surface area contributed by atoms with Crippen LogP contribution in [0.1, 0.15) is 17.2 Å². The minimum atomic E-state index is 0. The summed E-state index contributed by atoms with van der Waals surface area (Å²) in [5, 5.41) is 3.58. The molecule has 6 nitrogen and oxygen atoms in total. The summed E-state index contributed by atoms with van der Waals surface area (Å²) in [4.78, 5) is 9.31. The van der Waals surface area contributed by atoms with Gasteiger partial charge in [0.2, 0.25) is 0 Å². The van der Waals surface area contributed by atoms with Crippen LogP contribution < -0.4 is 10.1 Å². The van der Waals surface area contributed by atoms with Crippen molar-refractivity contribution in [3.05, 3.63) is 65.7 Å². The Balaban J connectivity index is 0.00000320. The molecule has 0 spiro atoms. The van der Waals surface area contributed by atoms with Crippen LogP contribution in [0.15, 0.2) is 59.6 Å². The van der Waals surface area contributed by atoms with E-state index in [0.717, 1.165) is 44.6 Å². The first-order chi connectivity index (χ1) is 14.2. The molecule has 1 saturated heterocycles. The van der Waals surface area contributed by atoms with Gasteiger partial charge in [0.15, 0.2) is 5.96 Å². The molecule has 0 radical (unpaired) electrons. The molecule has 30 heavy (non-hydrogen) atoms. The molecule has 1 N–H and O–H groups in total. The number of hydrogen-bond donors (Lipinski definition) is 1. The van der Waals surface area contributed by atoms with E-state index in [0.29, 0.717) is 6.54 Å². The molecular weight excluding hydrogens is 491 g/mol. The Bertz CT molecular complexity index is 763. The van der Waals surface area contributed by atoms with Crippen LogP contribution in [0, 0.1) is 0 Å². The third-order valence-corrected chi connectivity index (χ3v) is 5.12. The van der Waals surface area contributed by atoms with Crippen LogP contribution in [0.25, 0.3) is 0 Å². The van der Waals surface area contributed by atoms with E-state index in [1.807, 2.05) is 49.3 Å². The summed E-state index contributed by atoms with van der Waals surface area (Å²) in [5.74, 6) is 1.77. The van der Waals surface area contributed by atoms with E-state index in [1.165, 1.54) is 11.1 Å². The maximum atomic E-state index is 5.56. The predicted octanol–water partition coefficient (Wildman–Crippen LogP) is 3.39. The first-order valence-corrected chi connectivity index (χ1v) is 10.1. The van der Waals surface area contributed by atoms with Crippen molar-refractivity contribution in [3.8, 4) is 5.75 Å². The average molecular weight is 524 g/mol. The molecule has 1 unspecified atom stereocenters. The number of guanidine groups is 1. The zero-order chi connectivity index (χ0) is 20.5. The van der Waals surface area contributed by atoms with Crippen LogP contribution in [-0.2, 0) is 11.3 Å². The van der Waals surface area contributed by atoms with Gasteiger partial charge in [0.05, 0.1) is 32.9 Å². The lowest BCUT2D eigenvalue weighted by atomic mass is 10.0. The SMILES string of the molecule is COc1ccc(C(CNC(=NCc2ccccc2)N(C)C)N2CCOCC2)cc1.I. The number of nitrogens with one attached hydrogen (secondary N) is 1. The quantitative estimate of drug-likeness (QED) is 0.342. The van der Waals surface area contributed by atoms with Gasteiger partial charge >= 0.3 is 0 Å². The van der Waals surface area contributed by atoms with Crippen molar-refractivity contribution in [1.29, 1.82) is 0 Å². The van der Waals surface area contributed by atoms with Crippen LogP contribution >= 0.6 is 24.0 Å². The fourth-order valence-electron chi connectivity index (χ4n) is 3.47. The van der Waals surface area contributed by atoms with Crippen LogP contribution in [0.2, 0.25) is 0 Å². The van der Waals surface area contributed by atoms with Gasteiger partial charge in [-0.1, -0.05) is 42.5 Å². The molecule has 164 valence electrons. The van der Waals surface area contributed by atoms with Gasteiger partial charge in [0.25, 0.3) is 0 Å². The van der Waals surface area contributed by atoms with Crippen molar-refractivity contribution in [2.45, 2.75) is 12.6 Å². The van der Waals surface area contributed by atoms with Crippen molar-refractivity contribution in [1.82, 2.24) is 15.1 Å². The van der Waals surface area contributed by atoms with Crippen LogP contribution in [0.5, 0.6) is 5.75 Å². The first-order valence-electron chi connectivity index (χ1n) is 10.1. The van der Waals surface area contributed by atoms with E-state index >= 15 is 0 Å². The molecular formula is C23H33IN4O2. The van der Waals surface area contributed by atoms with Gasteiger partial charge in [-0.3, -0.25) is 4.90 Å². The van der Waals surface area contributed by atoms with Gasteiger partial charge in [-0.05, 0) is 23.3 Å². The Morgan fingerprint density at radius 3 is 2.37 bits per heavy atom. The number of rotatable bonds is 7. The summed E-state index contributed by atoms with van der Waals surface area (Å²) >= 11 is 0. The number of ether oxygens (including phenoxy) is 2. The van der Waals surface area contributed by atoms with Crippen molar-refractivity contribution in [2.24, 2.45) is 4.99 Å². The van der Waals surface area contributed by atoms with Crippen molar-refractivity contribution >= 4 is 29.9 Å². The summed E-state index contributed by atoms with van der Waals surface area (Å²) in [6, 6.07) is 18.9. The number of methoxy groups -OCH3 is 1. The molecule has 2 aromatic rings. The lowest BCUT2D eigenvalue weighted by Crippen LogP contribution is -2.46. The van der Waals surface area contributed by atoms with E-state index in [9.17, 15) is 0 Å². The summed E-state index contributed by atoms with van der Waals surface area (Å²) < 4.78 is 10.9. The maximum absolute atomic E-state index is 5.56. The van der Waals surface area contributed by atoms with E-state index < -0.39 is 0 Å². The third kappa shape index (κ3) is 7.14. The number of benzene rings is 2. The Hall–Kier alpha value is -1.84. The molecule has 1 fully saturated rings. The van der Waals surface area contributed by atoms with Crippen LogP contribution in [0.3, 0.4) is 0 Å². The highest BCUT2D eigenvalue weighted by atomic mass is 127. The van der Waals surface area contributed by atoms with Gasteiger partial charge in [0.1, 0.15) is 5.75 Å². The molecule has 1 aliphatic heterocycles. The predicted molar refractivity (Wildman–Crippen MR) is 133 cm³/mol. The summed E-state index contributed by atoms with van der Waals surface area (Å²) in [7, 11) is 5.74. The zero-order valence-electron chi connectivity index (χ0n) is 18.1. The molecule has 0 aliphatic carbocycles. The molecule has 0 aromatic heterocycles. The summed E-state index contributed by atoms with van der Waals surface area (Å²) in [5.41, 5.74) is 2.47. The fraction of sp³-hybridized carbons (Fsp3) is 0.435. The number of hydrogen-bond acceptors (Lipinski definition) is 4. The van der Waals surface area contributed by atoms with Gasteiger partial charge in [0, 0.05) is 33.7 Å². The Kier molecular flexibility index (Phi) is 10.4. The molecule has 1 heterocycles. The highest BCUT2D eigenvalue weighted by Crippen LogP contribution is 2.23. The Labute approximate surface area is 197 Å². The first kappa shape index (κ1) is 24.4. The number of morpholine rings is 1. The number of aliphatic imine (C=N–C) groups is 1. The molecule has 1 atom stereocenters. The molecule has 0 amide bonds. The van der Waals surface area contributed by atoms with Crippen LogP contribution in [0.4, 0.5) is 0 Å². The minimum absolute atomic E-state index is 0. The lowest BCUT2D eigenvalue weighted by Gasteiger charge is -2.35. The highest BCUT2D eigenvalue weighted by molar-refractivity contribution is 14.0. The highest BCUT2D eigenvalue weighted by Gasteiger charge is 2.23. The summed E-state index contributed by atoms with van der Waals surface area (Å²) in [6.07, 6.45) is 0. The van der Waals surface area contributed by atoms with E-state index in [-0.39, 0.29) is 30.0 Å². The van der Waals surface area contributed by atoms with Gasteiger partial charge in [-0.2, -0.15) is 0 Å². The fourth-order valence-corrected chi connectivity index (χ4v) is 3.47. The minimum Gasteiger partial charge on any atom is -0.497 e. The van der Waals surface area contributed by atoms with E-state index in [1.54, 1.807) is 7.11 Å². The third-order valence-electron chi connectivity index (χ3n) is 5.12. The zero-order valence-corrected chi connectivity index (χ0v) is 20.4. The van der Waals surface area contributed by atoms with Gasteiger partial charge in [-0.25, -0.2) is 4.99 Å². The van der Waals surface area contributed by atoms with Crippen molar-refractivity contribution < 1.29 is 9.47 Å². The largest absolute Gasteiger partial charge is 0.497 e. The van der Waals surface area contributed by atoms with E-state index in [2.05, 4.69) is 34.5 Å². The topological polar surface area (TPSA) is 49.3 Å². The summed E-state index contributed by atoms with van der Waals surface area (Å²) in [6.45, 7) is 4.84. The van der Waals surface area contributed by atoms with Crippen molar-refractivity contribution in [2.75, 3.05) is 54.1 Å². The normalized spacial score (nSPS) is 15.8. The second-order valence-electron chi connectivity index (χ2n) is 7.34. The number of halogens is 1. The van der Waals surface area contributed by atoms with Crippen LogP contribution in [-0.4, -0.2) is 69.8 Å². The van der Waals surface area contributed by atoms with Gasteiger partial charge < -0.3 is 19.7 Å². The Morgan fingerprint density at radius 2 is 1.77 bits per heavy atom. The second-order valence-corrected chi connectivity index (χ2v) is 7.34. The van der Waals surface area contributed by atoms with E-state index in [4.69, 9.17) is 14.5 Å². The maximum Gasteiger partial charge on any atom is 0.193 e.